The van der Waals surface area contributed by atoms with Gasteiger partial charge in [0.15, 0.2) is 0 Å². The van der Waals surface area contributed by atoms with E-state index in [1.165, 1.54) is 6.20 Å². The summed E-state index contributed by atoms with van der Waals surface area (Å²) < 4.78 is 0. The molecule has 0 spiro atoms. The molecule has 1 unspecified atom stereocenters. The van der Waals surface area contributed by atoms with Gasteiger partial charge in [0.2, 0.25) is 0 Å². The molecule has 1 rings (SSSR count). The first-order valence-electron chi connectivity index (χ1n) is 3.91. The number of aliphatic hydroxyl groups is 2. The minimum absolute atomic E-state index is 0.0230. The van der Waals surface area contributed by atoms with Gasteiger partial charge in [0, 0.05) is 6.54 Å². The Labute approximate surface area is 84.5 Å². The molecule has 0 aliphatic carbocycles. The molecule has 4 N–H and O–H groups in total. The first-order valence-corrected chi connectivity index (χ1v) is 4.29. The van der Waals surface area contributed by atoms with Crippen molar-refractivity contribution in [1.29, 1.82) is 0 Å². The lowest BCUT2D eigenvalue weighted by Gasteiger charge is -2.09. The molecular weight excluding hydrogens is 210 g/mol. The molecule has 0 aliphatic heterocycles. The van der Waals surface area contributed by atoms with Gasteiger partial charge in [0.1, 0.15) is 5.02 Å². The Kier molecular flexibility index (Phi) is 3.87. The van der Waals surface area contributed by atoms with Crippen LogP contribution in [0.1, 0.15) is 0 Å². The van der Waals surface area contributed by atoms with Crippen LogP contribution in [0.2, 0.25) is 5.02 Å². The SMILES string of the molecule is O=c1[nH]ncc(NCC(O)CO)c1Cl. The fourth-order valence-electron chi connectivity index (χ4n) is 0.799. The van der Waals surface area contributed by atoms with Crippen molar-refractivity contribution in [2.75, 3.05) is 18.5 Å². The van der Waals surface area contributed by atoms with Crippen LogP contribution in [0, 0.1) is 0 Å². The first-order chi connectivity index (χ1) is 6.65. The first kappa shape index (κ1) is 11.0. The third kappa shape index (κ3) is 2.69. The van der Waals surface area contributed by atoms with Crippen LogP contribution in [-0.4, -0.2) is 39.7 Å². The van der Waals surface area contributed by atoms with Gasteiger partial charge in [-0.05, 0) is 0 Å². The number of nitrogens with zero attached hydrogens (tertiary/aromatic N) is 1. The Hall–Kier alpha value is -1.11. The zero-order chi connectivity index (χ0) is 10.6. The lowest BCUT2D eigenvalue weighted by Crippen LogP contribution is -2.24. The highest BCUT2D eigenvalue weighted by Gasteiger charge is 2.06. The summed E-state index contributed by atoms with van der Waals surface area (Å²) in [6.07, 6.45) is 0.429. The second-order valence-corrected chi connectivity index (χ2v) is 3.02. The average molecular weight is 220 g/mol. The number of hydrogen-bond acceptors (Lipinski definition) is 5. The van der Waals surface area contributed by atoms with E-state index in [0.717, 1.165) is 0 Å². The minimum atomic E-state index is -0.898. The zero-order valence-corrected chi connectivity index (χ0v) is 7.95. The van der Waals surface area contributed by atoms with Crippen molar-refractivity contribution in [3.05, 3.63) is 21.6 Å². The summed E-state index contributed by atoms with van der Waals surface area (Å²) in [5.41, 5.74) is -0.182. The predicted molar refractivity (Wildman–Crippen MR) is 51.5 cm³/mol. The van der Waals surface area contributed by atoms with Crippen LogP contribution < -0.4 is 10.9 Å². The summed E-state index contributed by atoms with van der Waals surface area (Å²) in [5.74, 6) is 0. The zero-order valence-electron chi connectivity index (χ0n) is 7.20. The number of rotatable bonds is 4. The van der Waals surface area contributed by atoms with Crippen LogP contribution in [0.3, 0.4) is 0 Å². The van der Waals surface area contributed by atoms with Gasteiger partial charge >= 0.3 is 0 Å². The van der Waals surface area contributed by atoms with Gasteiger partial charge in [-0.1, -0.05) is 11.6 Å². The Balaban J connectivity index is 2.68. The normalized spacial score (nSPS) is 12.5. The number of aliphatic hydroxyl groups excluding tert-OH is 2. The summed E-state index contributed by atoms with van der Waals surface area (Å²) >= 11 is 5.63. The van der Waals surface area contributed by atoms with Crippen LogP contribution in [-0.2, 0) is 0 Å². The molecule has 0 bridgehead atoms. The molecule has 7 heteroatoms. The van der Waals surface area contributed by atoms with Gasteiger partial charge < -0.3 is 15.5 Å². The molecular formula is C7H10ClN3O3. The van der Waals surface area contributed by atoms with Gasteiger partial charge in [0.25, 0.3) is 5.56 Å². The van der Waals surface area contributed by atoms with Gasteiger partial charge in [-0.3, -0.25) is 4.79 Å². The van der Waals surface area contributed by atoms with Crippen LogP contribution >= 0.6 is 11.6 Å². The Morgan fingerprint density at radius 1 is 1.71 bits per heavy atom. The third-order valence-corrected chi connectivity index (χ3v) is 1.91. The Morgan fingerprint density at radius 3 is 3.07 bits per heavy atom. The standard InChI is InChI=1S/C7H10ClN3O3/c8-6-5(2-10-11-7(6)14)9-1-4(13)3-12/h2,4,12-13H,1,3H2,(H2,9,11,14). The molecule has 6 nitrogen and oxygen atoms in total. The molecule has 0 amide bonds. The van der Waals surface area contributed by atoms with E-state index in [1.807, 2.05) is 0 Å². The molecule has 0 aliphatic rings. The molecule has 1 aromatic rings. The Bertz CT molecular complexity index is 354. The quantitative estimate of drug-likeness (QED) is 0.531. The lowest BCUT2D eigenvalue weighted by atomic mass is 10.3. The number of nitrogens with one attached hydrogen (secondary N) is 2. The maximum atomic E-state index is 11.0. The van der Waals surface area contributed by atoms with Gasteiger partial charge in [0.05, 0.1) is 24.6 Å². The number of hydrogen-bond donors (Lipinski definition) is 4. The highest BCUT2D eigenvalue weighted by atomic mass is 35.5. The van der Waals surface area contributed by atoms with E-state index in [4.69, 9.17) is 21.8 Å². The number of halogens is 1. The molecule has 0 aromatic carbocycles. The van der Waals surface area contributed by atoms with E-state index in [2.05, 4.69) is 15.5 Å². The van der Waals surface area contributed by atoms with Crippen molar-refractivity contribution in [2.24, 2.45) is 0 Å². The molecule has 0 fully saturated rings. The van der Waals surface area contributed by atoms with Crippen molar-refractivity contribution >= 4 is 17.3 Å². The maximum Gasteiger partial charge on any atom is 0.285 e. The molecule has 1 atom stereocenters. The van der Waals surface area contributed by atoms with Crippen molar-refractivity contribution in [1.82, 2.24) is 10.2 Å². The molecule has 1 heterocycles. The fraction of sp³-hybridized carbons (Fsp3) is 0.429. The van der Waals surface area contributed by atoms with Gasteiger partial charge in [-0.15, -0.1) is 0 Å². The second kappa shape index (κ2) is 4.94. The summed E-state index contributed by atoms with van der Waals surface area (Å²) in [6.45, 7) is -0.261. The number of aromatic nitrogens is 2. The Morgan fingerprint density at radius 2 is 2.43 bits per heavy atom. The van der Waals surface area contributed by atoms with Crippen molar-refractivity contribution in [3.63, 3.8) is 0 Å². The summed E-state index contributed by atoms with van der Waals surface area (Å²) in [5, 5.41) is 25.9. The number of anilines is 1. The largest absolute Gasteiger partial charge is 0.394 e. The van der Waals surface area contributed by atoms with Crippen LogP contribution in [0.4, 0.5) is 5.69 Å². The highest BCUT2D eigenvalue weighted by Crippen LogP contribution is 2.13. The molecule has 0 saturated heterocycles. The van der Waals surface area contributed by atoms with E-state index in [0.29, 0.717) is 5.69 Å². The molecule has 78 valence electrons. The maximum absolute atomic E-state index is 11.0. The van der Waals surface area contributed by atoms with E-state index in [-0.39, 0.29) is 18.2 Å². The lowest BCUT2D eigenvalue weighted by molar-refractivity contribution is 0.105. The van der Waals surface area contributed by atoms with Crippen molar-refractivity contribution in [3.8, 4) is 0 Å². The molecule has 0 saturated carbocycles. The smallest absolute Gasteiger partial charge is 0.285 e. The van der Waals surface area contributed by atoms with Gasteiger partial charge in [-0.25, -0.2) is 5.10 Å². The van der Waals surface area contributed by atoms with E-state index in [9.17, 15) is 4.79 Å². The predicted octanol–water partition coefficient (Wildman–Crippen LogP) is -0.812. The average Bonchev–Trinajstić information content (AvgIpc) is 2.20. The summed E-state index contributed by atoms with van der Waals surface area (Å²) in [6, 6.07) is 0. The van der Waals surface area contributed by atoms with Crippen LogP contribution in [0.15, 0.2) is 11.0 Å². The van der Waals surface area contributed by atoms with E-state index >= 15 is 0 Å². The molecule has 0 radical (unpaired) electrons. The van der Waals surface area contributed by atoms with Crippen molar-refractivity contribution in [2.45, 2.75) is 6.10 Å². The van der Waals surface area contributed by atoms with E-state index < -0.39 is 11.7 Å². The van der Waals surface area contributed by atoms with Gasteiger partial charge in [-0.2, -0.15) is 5.10 Å². The highest BCUT2D eigenvalue weighted by molar-refractivity contribution is 6.32. The number of aromatic amines is 1. The third-order valence-electron chi connectivity index (χ3n) is 1.53. The second-order valence-electron chi connectivity index (χ2n) is 2.64. The number of H-pyrrole nitrogens is 1. The summed E-state index contributed by atoms with van der Waals surface area (Å²) in [7, 11) is 0. The monoisotopic (exact) mass is 219 g/mol. The van der Waals surface area contributed by atoms with Crippen molar-refractivity contribution < 1.29 is 10.2 Å². The van der Waals surface area contributed by atoms with E-state index in [1.54, 1.807) is 0 Å². The molecule has 1 aromatic heterocycles. The van der Waals surface area contributed by atoms with Crippen LogP contribution in [0.25, 0.3) is 0 Å². The van der Waals surface area contributed by atoms with Crippen LogP contribution in [0.5, 0.6) is 0 Å². The molecule has 14 heavy (non-hydrogen) atoms. The fourth-order valence-corrected chi connectivity index (χ4v) is 0.957. The summed E-state index contributed by atoms with van der Waals surface area (Å²) in [4.78, 5) is 11.0. The topological polar surface area (TPSA) is 98.2 Å². The minimum Gasteiger partial charge on any atom is -0.394 e.